The number of hydrogen-bond donors (Lipinski definition) is 2. The molecule has 0 spiro atoms. The first kappa shape index (κ1) is 14.9. The zero-order valence-electron chi connectivity index (χ0n) is 12.1. The topological polar surface area (TPSA) is 52.6 Å². The Kier molecular flexibility index (Phi) is 4.83. The van der Waals surface area contributed by atoms with Crippen molar-refractivity contribution in [3.63, 3.8) is 0 Å². The van der Waals surface area contributed by atoms with Crippen LogP contribution >= 0.6 is 11.8 Å². The number of rotatable bonds is 5. The van der Waals surface area contributed by atoms with E-state index in [2.05, 4.69) is 17.4 Å². The van der Waals surface area contributed by atoms with Crippen molar-refractivity contribution in [2.75, 3.05) is 32.0 Å². The fourth-order valence-corrected chi connectivity index (χ4v) is 4.40. The zero-order valence-corrected chi connectivity index (χ0v) is 12.9. The van der Waals surface area contributed by atoms with Crippen molar-refractivity contribution in [1.29, 1.82) is 0 Å². The summed E-state index contributed by atoms with van der Waals surface area (Å²) in [7, 11) is 0. The van der Waals surface area contributed by atoms with Gasteiger partial charge in [-0.05, 0) is 31.0 Å². The molecule has 1 aromatic carbocycles. The van der Waals surface area contributed by atoms with Gasteiger partial charge in [0.05, 0.1) is 12.5 Å². The van der Waals surface area contributed by atoms with Crippen LogP contribution in [0.2, 0.25) is 0 Å². The lowest BCUT2D eigenvalue weighted by atomic mass is 9.99. The maximum atomic E-state index is 12.9. The van der Waals surface area contributed by atoms with Gasteiger partial charge in [0, 0.05) is 29.8 Å². The van der Waals surface area contributed by atoms with Crippen LogP contribution in [0, 0.1) is 0 Å². The molecule has 2 unspecified atom stereocenters. The van der Waals surface area contributed by atoms with Crippen LogP contribution in [0.15, 0.2) is 29.2 Å². The fourth-order valence-electron chi connectivity index (χ4n) is 3.18. The van der Waals surface area contributed by atoms with E-state index in [9.17, 15) is 9.90 Å². The third-order valence-corrected chi connectivity index (χ3v) is 5.47. The van der Waals surface area contributed by atoms with Crippen molar-refractivity contribution in [3.05, 3.63) is 29.8 Å². The summed E-state index contributed by atoms with van der Waals surface area (Å²) in [4.78, 5) is 15.9. The first-order valence-corrected chi connectivity index (χ1v) is 8.63. The van der Waals surface area contributed by atoms with Crippen molar-refractivity contribution < 1.29 is 9.90 Å². The molecule has 0 radical (unpaired) electrons. The first-order valence-electron chi connectivity index (χ1n) is 7.64. The highest BCUT2D eigenvalue weighted by atomic mass is 32.2. The van der Waals surface area contributed by atoms with Gasteiger partial charge in [-0.25, -0.2) is 0 Å². The summed E-state index contributed by atoms with van der Waals surface area (Å²) in [6.45, 7) is 2.21. The highest BCUT2D eigenvalue weighted by molar-refractivity contribution is 7.99. The lowest BCUT2D eigenvalue weighted by molar-refractivity contribution is -0.133. The number of carbonyl (C=O) groups is 1. The minimum absolute atomic E-state index is 0.0277. The quantitative estimate of drug-likeness (QED) is 0.864. The van der Waals surface area contributed by atoms with Crippen molar-refractivity contribution in [3.8, 4) is 0 Å². The van der Waals surface area contributed by atoms with Gasteiger partial charge >= 0.3 is 0 Å². The second-order valence-electron chi connectivity index (χ2n) is 5.70. The van der Waals surface area contributed by atoms with Gasteiger partial charge < -0.3 is 15.3 Å². The summed E-state index contributed by atoms with van der Waals surface area (Å²) in [5.74, 6) is 0.924. The maximum Gasteiger partial charge on any atom is 0.231 e. The Morgan fingerprint density at radius 3 is 3.05 bits per heavy atom. The Morgan fingerprint density at radius 1 is 1.43 bits per heavy atom. The molecule has 2 heterocycles. The van der Waals surface area contributed by atoms with Gasteiger partial charge in [0.1, 0.15) is 0 Å². The van der Waals surface area contributed by atoms with Crippen molar-refractivity contribution in [2.24, 2.45) is 0 Å². The van der Waals surface area contributed by atoms with Gasteiger partial charge in [-0.3, -0.25) is 4.79 Å². The fraction of sp³-hybridized carbons (Fsp3) is 0.562. The summed E-state index contributed by atoms with van der Waals surface area (Å²) in [5.41, 5.74) is 1.15. The monoisotopic (exact) mass is 306 g/mol. The minimum atomic E-state index is -0.0563. The number of nitrogens with one attached hydrogen (secondary N) is 1. The van der Waals surface area contributed by atoms with E-state index in [0.29, 0.717) is 19.1 Å². The molecule has 2 N–H and O–H groups in total. The van der Waals surface area contributed by atoms with E-state index >= 15 is 0 Å². The average molecular weight is 306 g/mol. The number of carbonyl (C=O) groups excluding carboxylic acids is 1. The molecule has 0 saturated carbocycles. The molecular weight excluding hydrogens is 284 g/mol. The Bertz CT molecular complexity index is 503. The second kappa shape index (κ2) is 6.81. The highest BCUT2D eigenvalue weighted by Gasteiger charge is 2.33. The highest BCUT2D eigenvalue weighted by Crippen LogP contribution is 2.40. The largest absolute Gasteiger partial charge is 0.395 e. The van der Waals surface area contributed by atoms with Crippen molar-refractivity contribution in [2.45, 2.75) is 29.7 Å². The van der Waals surface area contributed by atoms with E-state index in [1.165, 1.54) is 11.3 Å². The van der Waals surface area contributed by atoms with E-state index in [-0.39, 0.29) is 18.4 Å². The van der Waals surface area contributed by atoms with Crippen LogP contribution in [-0.2, 0) is 4.79 Å². The van der Waals surface area contributed by atoms with E-state index in [4.69, 9.17) is 0 Å². The van der Waals surface area contributed by atoms with Crippen molar-refractivity contribution >= 4 is 17.7 Å². The molecule has 21 heavy (non-hydrogen) atoms. The number of aliphatic hydroxyl groups is 1. The Balaban J connectivity index is 1.72. The summed E-state index contributed by atoms with van der Waals surface area (Å²) in [5, 5.41) is 12.7. The predicted molar refractivity (Wildman–Crippen MR) is 84.6 cm³/mol. The lowest BCUT2D eigenvalue weighted by Crippen LogP contribution is -2.44. The van der Waals surface area contributed by atoms with E-state index < -0.39 is 0 Å². The normalized spacial score (nSPS) is 24.0. The second-order valence-corrected chi connectivity index (χ2v) is 6.76. The number of nitrogens with zero attached hydrogens (tertiary/aromatic N) is 1. The molecule has 5 heteroatoms. The number of amides is 1. The maximum absolute atomic E-state index is 12.9. The summed E-state index contributed by atoms with van der Waals surface area (Å²) in [6, 6.07) is 8.54. The molecule has 0 aromatic heterocycles. The van der Waals surface area contributed by atoms with Gasteiger partial charge in [0.2, 0.25) is 5.91 Å². The molecule has 2 aliphatic rings. The van der Waals surface area contributed by atoms with Crippen LogP contribution in [0.1, 0.15) is 24.3 Å². The number of hydrogen-bond acceptors (Lipinski definition) is 4. The lowest BCUT2D eigenvalue weighted by Gasteiger charge is -2.28. The van der Waals surface area contributed by atoms with Crippen LogP contribution in [0.5, 0.6) is 0 Å². The average Bonchev–Trinajstić information content (AvgIpc) is 3.15. The van der Waals surface area contributed by atoms with Gasteiger partial charge in [0.25, 0.3) is 0 Å². The molecule has 1 fully saturated rings. The molecule has 2 atom stereocenters. The van der Waals surface area contributed by atoms with Crippen molar-refractivity contribution in [1.82, 2.24) is 10.2 Å². The van der Waals surface area contributed by atoms with E-state index in [1.54, 1.807) is 11.8 Å². The van der Waals surface area contributed by atoms with E-state index in [1.807, 2.05) is 17.0 Å². The Morgan fingerprint density at radius 2 is 2.29 bits per heavy atom. The zero-order chi connectivity index (χ0) is 14.7. The molecule has 4 nitrogen and oxygen atoms in total. The molecule has 1 amide bonds. The molecule has 1 aromatic rings. The van der Waals surface area contributed by atoms with Gasteiger partial charge in [0.15, 0.2) is 0 Å². The van der Waals surface area contributed by atoms with Crippen LogP contribution < -0.4 is 5.32 Å². The molecule has 1 saturated heterocycles. The number of benzene rings is 1. The predicted octanol–water partition coefficient (Wildman–Crippen LogP) is 1.45. The van der Waals surface area contributed by atoms with Crippen LogP contribution in [-0.4, -0.2) is 53.9 Å². The third-order valence-electron chi connectivity index (χ3n) is 4.28. The number of aliphatic hydroxyl groups excluding tert-OH is 1. The number of thioether (sulfide) groups is 1. The van der Waals surface area contributed by atoms with Crippen LogP contribution in [0.25, 0.3) is 0 Å². The Labute approximate surface area is 129 Å². The van der Waals surface area contributed by atoms with Gasteiger partial charge in [-0.2, -0.15) is 0 Å². The molecule has 2 aliphatic heterocycles. The van der Waals surface area contributed by atoms with Gasteiger partial charge in [-0.15, -0.1) is 11.8 Å². The van der Waals surface area contributed by atoms with Crippen LogP contribution in [0.3, 0.4) is 0 Å². The smallest absolute Gasteiger partial charge is 0.231 e. The van der Waals surface area contributed by atoms with Crippen LogP contribution in [0.4, 0.5) is 0 Å². The standard InChI is InChI=1S/C16H22N2O2S/c19-9-8-18(10-12-4-3-7-17-12)16(20)14-11-21-15-6-2-1-5-13(14)15/h1-2,5-6,12,14,17,19H,3-4,7-11H2. The summed E-state index contributed by atoms with van der Waals surface area (Å²) in [6.07, 6.45) is 2.29. The molecule has 3 rings (SSSR count). The van der Waals surface area contributed by atoms with E-state index in [0.717, 1.165) is 24.3 Å². The third kappa shape index (κ3) is 3.25. The molecule has 114 valence electrons. The summed E-state index contributed by atoms with van der Waals surface area (Å²) >= 11 is 1.76. The van der Waals surface area contributed by atoms with Gasteiger partial charge in [-0.1, -0.05) is 18.2 Å². The minimum Gasteiger partial charge on any atom is -0.395 e. The SMILES string of the molecule is O=C(C1CSc2ccccc21)N(CCO)CC1CCCN1. The first-order chi connectivity index (χ1) is 10.3. The number of fused-ring (bicyclic) bond motifs is 1. The summed E-state index contributed by atoms with van der Waals surface area (Å²) < 4.78 is 0. The molecular formula is C16H22N2O2S. The molecule has 0 aliphatic carbocycles. The molecule has 0 bridgehead atoms. The Hall–Kier alpha value is -1.04.